The maximum Gasteiger partial charge on any atom is 0.259 e. The Hall–Kier alpha value is -3.88. The molecule has 1 aliphatic rings. The van der Waals surface area contributed by atoms with E-state index >= 15 is 0 Å². The molecule has 9 heteroatoms. The summed E-state index contributed by atoms with van der Waals surface area (Å²) in [5.41, 5.74) is 1.02. The predicted molar refractivity (Wildman–Crippen MR) is 134 cm³/mol. The summed E-state index contributed by atoms with van der Waals surface area (Å²) in [4.78, 5) is 28.7. The Kier molecular flexibility index (Phi) is 6.38. The maximum absolute atomic E-state index is 14.1. The summed E-state index contributed by atoms with van der Waals surface area (Å²) < 4.78 is 41.1. The first-order chi connectivity index (χ1) is 17.3. The van der Waals surface area contributed by atoms with Crippen LogP contribution in [0, 0.1) is 11.6 Å². The average molecular weight is 523 g/mol. The molecule has 0 radical (unpaired) electrons. The molecule has 4 aromatic rings. The second-order valence-corrected chi connectivity index (χ2v) is 9.90. The van der Waals surface area contributed by atoms with Crippen LogP contribution in [-0.2, 0) is 17.3 Å². The van der Waals surface area contributed by atoms with Gasteiger partial charge >= 0.3 is 0 Å². The van der Waals surface area contributed by atoms with Gasteiger partial charge in [0, 0.05) is 16.7 Å². The Labute approximate surface area is 212 Å². The van der Waals surface area contributed by atoms with Crippen LogP contribution in [-0.4, -0.2) is 16.0 Å². The van der Waals surface area contributed by atoms with Crippen LogP contribution in [0.1, 0.15) is 26.3 Å². The van der Waals surface area contributed by atoms with E-state index < -0.39 is 34.2 Å². The molecule has 180 valence electrons. The van der Waals surface area contributed by atoms with E-state index in [4.69, 9.17) is 11.6 Å². The van der Waals surface area contributed by atoms with Crippen molar-refractivity contribution in [2.75, 3.05) is 10.2 Å². The highest BCUT2D eigenvalue weighted by Gasteiger charge is 2.31. The van der Waals surface area contributed by atoms with Gasteiger partial charge in [0.2, 0.25) is 0 Å². The van der Waals surface area contributed by atoms with E-state index in [-0.39, 0.29) is 29.0 Å². The van der Waals surface area contributed by atoms with Gasteiger partial charge in [0.15, 0.2) is 0 Å². The molecule has 0 spiro atoms. The molecule has 1 atom stereocenters. The van der Waals surface area contributed by atoms with Crippen LogP contribution in [0.15, 0.2) is 94.7 Å². The van der Waals surface area contributed by atoms with Crippen LogP contribution in [0.3, 0.4) is 0 Å². The topological polar surface area (TPSA) is 66.5 Å². The van der Waals surface area contributed by atoms with Crippen molar-refractivity contribution in [1.29, 1.82) is 0 Å². The molecule has 0 saturated carbocycles. The molecular formula is C27H17ClF2N2O3S. The standard InChI is InChI=1S/C27H17ClF2N2O3S/c28-18-5-3-4-16(12-18)15-32-23-13-17(26(33)31-22-14-19(29)9-10-21(22)30)8-11-25(23)36(35)24-7-2-1-6-20(24)27(32)34/h1-14H,15H2,(H,31,33). The minimum atomic E-state index is -1.71. The molecule has 0 bridgehead atoms. The molecule has 0 aromatic heterocycles. The lowest BCUT2D eigenvalue weighted by Gasteiger charge is -2.24. The van der Waals surface area contributed by atoms with Crippen LogP contribution >= 0.6 is 11.6 Å². The molecule has 0 saturated heterocycles. The lowest BCUT2D eigenvalue weighted by atomic mass is 10.1. The fourth-order valence-corrected chi connectivity index (χ4v) is 5.52. The van der Waals surface area contributed by atoms with Gasteiger partial charge in [-0.3, -0.25) is 9.59 Å². The number of nitrogens with zero attached hydrogens (tertiary/aromatic N) is 1. The smallest absolute Gasteiger partial charge is 0.259 e. The molecular weight excluding hydrogens is 506 g/mol. The summed E-state index contributed by atoms with van der Waals surface area (Å²) in [6.45, 7) is 0.0987. The molecule has 1 unspecified atom stereocenters. The molecule has 1 aliphatic heterocycles. The number of rotatable bonds is 4. The van der Waals surface area contributed by atoms with Crippen molar-refractivity contribution in [1.82, 2.24) is 0 Å². The summed E-state index contributed by atoms with van der Waals surface area (Å²) in [6.07, 6.45) is 0. The molecule has 4 aromatic carbocycles. The minimum absolute atomic E-state index is 0.0734. The van der Waals surface area contributed by atoms with Gasteiger partial charge in [-0.1, -0.05) is 35.9 Å². The van der Waals surface area contributed by atoms with Crippen molar-refractivity contribution >= 4 is 45.6 Å². The quantitative estimate of drug-likeness (QED) is 0.347. The van der Waals surface area contributed by atoms with E-state index in [2.05, 4.69) is 5.32 Å². The number of hydrogen-bond acceptors (Lipinski definition) is 3. The van der Waals surface area contributed by atoms with Gasteiger partial charge in [0.1, 0.15) is 11.6 Å². The summed E-state index contributed by atoms with van der Waals surface area (Å²) in [5.74, 6) is -2.62. The zero-order chi connectivity index (χ0) is 25.4. The first kappa shape index (κ1) is 23.8. The van der Waals surface area contributed by atoms with E-state index in [1.807, 2.05) is 0 Å². The van der Waals surface area contributed by atoms with Crippen molar-refractivity contribution in [2.45, 2.75) is 16.3 Å². The van der Waals surface area contributed by atoms with Gasteiger partial charge in [-0.25, -0.2) is 13.0 Å². The normalized spacial score (nSPS) is 14.6. The molecule has 1 N–H and O–H groups in total. The summed E-state index contributed by atoms with van der Waals surface area (Å²) >= 11 is 6.14. The van der Waals surface area contributed by atoms with Crippen molar-refractivity contribution in [2.24, 2.45) is 0 Å². The van der Waals surface area contributed by atoms with Crippen LogP contribution in [0.25, 0.3) is 0 Å². The zero-order valence-electron chi connectivity index (χ0n) is 18.5. The van der Waals surface area contributed by atoms with Crippen molar-refractivity contribution in [3.63, 3.8) is 0 Å². The molecule has 1 heterocycles. The monoisotopic (exact) mass is 522 g/mol. The lowest BCUT2D eigenvalue weighted by Crippen LogP contribution is -2.30. The van der Waals surface area contributed by atoms with Crippen LogP contribution in [0.2, 0.25) is 5.02 Å². The highest BCUT2D eigenvalue weighted by atomic mass is 35.5. The van der Waals surface area contributed by atoms with Crippen LogP contribution < -0.4 is 10.2 Å². The fourth-order valence-electron chi connectivity index (χ4n) is 3.97. The maximum atomic E-state index is 14.1. The van der Waals surface area contributed by atoms with Gasteiger partial charge in [0.25, 0.3) is 11.8 Å². The average Bonchev–Trinajstić information content (AvgIpc) is 2.95. The number of nitrogens with one attached hydrogen (secondary N) is 1. The number of anilines is 2. The third-order valence-corrected chi connectivity index (χ3v) is 7.42. The summed E-state index contributed by atoms with van der Waals surface area (Å²) in [6, 6.07) is 20.7. The van der Waals surface area contributed by atoms with Crippen molar-refractivity contribution < 1.29 is 22.6 Å². The third-order valence-electron chi connectivity index (χ3n) is 5.68. The van der Waals surface area contributed by atoms with Gasteiger partial charge in [-0.2, -0.15) is 0 Å². The Morgan fingerprint density at radius 3 is 2.53 bits per heavy atom. The Morgan fingerprint density at radius 2 is 1.72 bits per heavy atom. The molecule has 5 rings (SSSR count). The van der Waals surface area contributed by atoms with Gasteiger partial charge < -0.3 is 10.2 Å². The largest absolute Gasteiger partial charge is 0.319 e. The number of hydrogen-bond donors (Lipinski definition) is 1. The molecule has 0 fully saturated rings. The highest BCUT2D eigenvalue weighted by Crippen LogP contribution is 2.36. The fraction of sp³-hybridized carbons (Fsp3) is 0.0370. The number of carbonyl (C=O) groups excluding carboxylic acids is 2. The number of benzene rings is 4. The zero-order valence-corrected chi connectivity index (χ0v) is 20.1. The minimum Gasteiger partial charge on any atom is -0.319 e. The van der Waals surface area contributed by atoms with Crippen molar-refractivity contribution in [3.8, 4) is 0 Å². The molecule has 2 amide bonds. The SMILES string of the molecule is O=C(Nc1cc(F)ccc1F)c1ccc2c(c1)N(Cc1cccc(Cl)c1)C(=O)c1ccccc1S2=O. The number of carbonyl (C=O) groups is 2. The Morgan fingerprint density at radius 1 is 0.917 bits per heavy atom. The molecule has 5 nitrogen and oxygen atoms in total. The highest BCUT2D eigenvalue weighted by molar-refractivity contribution is 7.85. The first-order valence-electron chi connectivity index (χ1n) is 10.8. The first-order valence-corrected chi connectivity index (χ1v) is 12.3. The Balaban J connectivity index is 1.60. The number of fused-ring (bicyclic) bond motifs is 2. The van der Waals surface area contributed by atoms with E-state index in [0.29, 0.717) is 14.8 Å². The second kappa shape index (κ2) is 9.64. The third kappa shape index (κ3) is 4.53. The Bertz CT molecular complexity index is 1560. The summed E-state index contributed by atoms with van der Waals surface area (Å²) in [5, 5.41) is 2.84. The van der Waals surface area contributed by atoms with Gasteiger partial charge in [-0.15, -0.1) is 0 Å². The van der Waals surface area contributed by atoms with Gasteiger partial charge in [-0.05, 0) is 60.2 Å². The summed E-state index contributed by atoms with van der Waals surface area (Å²) in [7, 11) is -1.71. The van der Waals surface area contributed by atoms with Crippen LogP contribution in [0.4, 0.5) is 20.2 Å². The van der Waals surface area contributed by atoms with Gasteiger partial charge in [0.05, 0.1) is 44.1 Å². The predicted octanol–water partition coefficient (Wildman–Crippen LogP) is 6.20. The molecule has 36 heavy (non-hydrogen) atoms. The van der Waals surface area contributed by atoms with E-state index in [0.717, 1.165) is 23.8 Å². The van der Waals surface area contributed by atoms with Crippen molar-refractivity contribution in [3.05, 3.63) is 118 Å². The second-order valence-electron chi connectivity index (χ2n) is 8.05. The van der Waals surface area contributed by atoms with E-state index in [1.54, 1.807) is 48.5 Å². The van der Waals surface area contributed by atoms with E-state index in [1.165, 1.54) is 23.1 Å². The van der Waals surface area contributed by atoms with E-state index in [9.17, 15) is 22.6 Å². The lowest BCUT2D eigenvalue weighted by molar-refractivity contribution is 0.0979. The molecule has 0 aliphatic carbocycles. The number of amides is 2. The number of halogens is 3. The van der Waals surface area contributed by atoms with Crippen LogP contribution in [0.5, 0.6) is 0 Å².